The summed E-state index contributed by atoms with van der Waals surface area (Å²) in [5.74, 6) is 0.0721. The Hall–Kier alpha value is -2.52. The smallest absolute Gasteiger partial charge is 0.359 e. The van der Waals surface area contributed by atoms with Crippen LogP contribution in [-0.2, 0) is 25.4 Å². The minimum absolute atomic E-state index is 0.0233. The van der Waals surface area contributed by atoms with Crippen molar-refractivity contribution in [3.05, 3.63) is 70.8 Å². The van der Waals surface area contributed by atoms with E-state index in [0.29, 0.717) is 24.7 Å². The number of alkyl halides is 12. The standard InChI is InChI=1S/C15H18F6O2.C14H16F6O/c1-4-10(2)11-5-7-12(8-6-11)13(14(16,17)18,15(19,20)21)23-9-22-3;1-4-9(2)10-5-7-11(8-6-10)12(21-3,13(15,16)17)14(18,19)20/h5-8,10H,4,9H2,1-3H3;5-9H,4H2,1-3H3. The van der Waals surface area contributed by atoms with Crippen molar-refractivity contribution in [2.75, 3.05) is 21.0 Å². The summed E-state index contributed by atoms with van der Waals surface area (Å²) in [6, 6.07) is 8.31. The van der Waals surface area contributed by atoms with Crippen LogP contribution in [0.1, 0.15) is 74.6 Å². The van der Waals surface area contributed by atoms with Crippen molar-refractivity contribution < 1.29 is 66.9 Å². The zero-order valence-electron chi connectivity index (χ0n) is 24.7. The maximum atomic E-state index is 13.3. The maximum absolute atomic E-state index is 13.3. The molecule has 2 rings (SSSR count). The molecule has 2 aromatic carbocycles. The van der Waals surface area contributed by atoms with Crippen molar-refractivity contribution >= 4 is 0 Å². The Bertz CT molecular complexity index is 1110. The first-order valence-corrected chi connectivity index (χ1v) is 13.2. The third kappa shape index (κ3) is 8.00. The Morgan fingerprint density at radius 1 is 0.523 bits per heavy atom. The van der Waals surface area contributed by atoms with Crippen LogP contribution in [0.15, 0.2) is 48.5 Å². The molecule has 0 N–H and O–H groups in total. The van der Waals surface area contributed by atoms with E-state index < -0.39 is 53.8 Å². The molecule has 0 aliphatic heterocycles. The average molecular weight is 659 g/mol. The SMILES string of the molecule is CCC(C)c1ccc(C(OC)(C(F)(F)F)C(F)(F)F)cc1.CCC(C)c1ccc(C(OCOC)(C(F)(F)F)C(F)(F)F)cc1. The topological polar surface area (TPSA) is 27.7 Å². The predicted octanol–water partition coefficient (Wildman–Crippen LogP) is 10.3. The highest BCUT2D eigenvalue weighted by atomic mass is 19.4. The second-order valence-electron chi connectivity index (χ2n) is 9.97. The van der Waals surface area contributed by atoms with Gasteiger partial charge in [-0.1, -0.05) is 76.2 Å². The summed E-state index contributed by atoms with van der Waals surface area (Å²) in [6.45, 7) is 6.27. The number of halogens is 12. The molecule has 3 nitrogen and oxygen atoms in total. The largest absolute Gasteiger partial charge is 0.430 e. The predicted molar refractivity (Wildman–Crippen MR) is 138 cm³/mol. The van der Waals surface area contributed by atoms with Gasteiger partial charge in [0.1, 0.15) is 6.79 Å². The monoisotopic (exact) mass is 658 g/mol. The fourth-order valence-corrected chi connectivity index (χ4v) is 4.28. The first kappa shape index (κ1) is 39.5. The number of benzene rings is 2. The quantitative estimate of drug-likeness (QED) is 0.188. The van der Waals surface area contributed by atoms with Gasteiger partial charge in [0.05, 0.1) is 0 Å². The van der Waals surface area contributed by atoms with Gasteiger partial charge in [0.25, 0.3) is 11.2 Å². The van der Waals surface area contributed by atoms with Crippen LogP contribution >= 0.6 is 0 Å². The molecular formula is C29H34F12O3. The third-order valence-electron chi connectivity index (χ3n) is 7.29. The summed E-state index contributed by atoms with van der Waals surface area (Å²) in [5.41, 5.74) is -9.41. The summed E-state index contributed by atoms with van der Waals surface area (Å²) >= 11 is 0. The molecule has 0 radical (unpaired) electrons. The van der Waals surface area contributed by atoms with Crippen molar-refractivity contribution in [1.29, 1.82) is 0 Å². The second-order valence-corrected chi connectivity index (χ2v) is 9.97. The fraction of sp³-hybridized carbons (Fsp3) is 0.586. The summed E-state index contributed by atoms with van der Waals surface area (Å²) < 4.78 is 170. The molecule has 0 saturated heterocycles. The molecule has 0 spiro atoms. The molecule has 0 aliphatic carbocycles. The van der Waals surface area contributed by atoms with Crippen LogP contribution in [-0.4, -0.2) is 45.7 Å². The average Bonchev–Trinajstić information content (AvgIpc) is 2.91. The molecule has 2 unspecified atom stereocenters. The number of rotatable bonds is 10. The van der Waals surface area contributed by atoms with E-state index in [2.05, 4.69) is 14.2 Å². The van der Waals surface area contributed by atoms with Gasteiger partial charge in [-0.25, -0.2) is 0 Å². The van der Waals surface area contributed by atoms with Crippen molar-refractivity contribution in [2.45, 2.75) is 88.3 Å². The lowest BCUT2D eigenvalue weighted by molar-refractivity contribution is -0.400. The molecule has 2 aromatic rings. The van der Waals surface area contributed by atoms with Crippen molar-refractivity contribution in [3.63, 3.8) is 0 Å². The van der Waals surface area contributed by atoms with Gasteiger partial charge in [-0.2, -0.15) is 52.7 Å². The van der Waals surface area contributed by atoms with Crippen LogP contribution in [0.3, 0.4) is 0 Å². The van der Waals surface area contributed by atoms with E-state index in [1.807, 2.05) is 27.7 Å². The van der Waals surface area contributed by atoms with E-state index in [0.717, 1.165) is 37.8 Å². The van der Waals surface area contributed by atoms with E-state index in [9.17, 15) is 52.7 Å². The molecular weight excluding hydrogens is 624 g/mol. The zero-order valence-corrected chi connectivity index (χ0v) is 24.7. The Morgan fingerprint density at radius 2 is 0.818 bits per heavy atom. The second kappa shape index (κ2) is 14.7. The lowest BCUT2D eigenvalue weighted by atomic mass is 9.89. The molecule has 15 heteroatoms. The number of ether oxygens (including phenoxy) is 3. The van der Waals surface area contributed by atoms with Crippen molar-refractivity contribution in [3.8, 4) is 0 Å². The van der Waals surface area contributed by atoms with Crippen LogP contribution in [0.5, 0.6) is 0 Å². The van der Waals surface area contributed by atoms with Crippen LogP contribution in [0.2, 0.25) is 0 Å². The lowest BCUT2D eigenvalue weighted by Gasteiger charge is -2.37. The molecule has 252 valence electrons. The van der Waals surface area contributed by atoms with Crippen LogP contribution in [0, 0.1) is 0 Å². The van der Waals surface area contributed by atoms with Crippen molar-refractivity contribution in [1.82, 2.24) is 0 Å². The van der Waals surface area contributed by atoms with Gasteiger partial charge in [-0.3, -0.25) is 0 Å². The summed E-state index contributed by atoms with van der Waals surface area (Å²) in [4.78, 5) is 0. The Balaban J connectivity index is 0.000000442. The van der Waals surface area contributed by atoms with Gasteiger partial charge >= 0.3 is 24.7 Å². The van der Waals surface area contributed by atoms with Gasteiger partial charge in [0, 0.05) is 25.3 Å². The minimum atomic E-state index is -5.69. The Morgan fingerprint density at radius 3 is 1.05 bits per heavy atom. The zero-order chi connectivity index (χ0) is 34.4. The first-order valence-electron chi connectivity index (χ1n) is 13.2. The van der Waals surface area contributed by atoms with E-state index in [4.69, 9.17) is 0 Å². The molecule has 0 amide bonds. The third-order valence-corrected chi connectivity index (χ3v) is 7.29. The molecule has 0 saturated carbocycles. The normalized spacial score (nSPS) is 15.0. The van der Waals surface area contributed by atoms with Gasteiger partial charge in [0.15, 0.2) is 0 Å². The van der Waals surface area contributed by atoms with Crippen molar-refractivity contribution in [2.24, 2.45) is 0 Å². The molecule has 0 bridgehead atoms. The molecule has 0 aliphatic rings. The maximum Gasteiger partial charge on any atom is 0.430 e. The summed E-state index contributed by atoms with van der Waals surface area (Å²) in [6.07, 6.45) is -21.2. The number of hydrogen-bond acceptors (Lipinski definition) is 3. The number of methoxy groups -OCH3 is 2. The molecule has 0 aromatic heterocycles. The highest BCUT2D eigenvalue weighted by Crippen LogP contribution is 2.54. The summed E-state index contributed by atoms with van der Waals surface area (Å²) in [7, 11) is 1.35. The molecule has 44 heavy (non-hydrogen) atoms. The lowest BCUT2D eigenvalue weighted by Crippen LogP contribution is -2.56. The van der Waals surface area contributed by atoms with E-state index >= 15 is 0 Å². The van der Waals surface area contributed by atoms with E-state index in [-0.39, 0.29) is 11.8 Å². The van der Waals surface area contributed by atoms with Crippen LogP contribution < -0.4 is 0 Å². The highest BCUT2D eigenvalue weighted by molar-refractivity contribution is 5.33. The minimum Gasteiger partial charge on any atom is -0.359 e. The van der Waals surface area contributed by atoms with E-state index in [1.54, 1.807) is 0 Å². The van der Waals surface area contributed by atoms with Crippen LogP contribution in [0.4, 0.5) is 52.7 Å². The van der Waals surface area contributed by atoms with Gasteiger partial charge < -0.3 is 14.2 Å². The highest BCUT2D eigenvalue weighted by Gasteiger charge is 2.74. The molecule has 0 heterocycles. The van der Waals surface area contributed by atoms with Crippen LogP contribution in [0.25, 0.3) is 0 Å². The summed E-state index contributed by atoms with van der Waals surface area (Å²) in [5, 5.41) is 0. The van der Waals surface area contributed by atoms with Gasteiger partial charge in [0.2, 0.25) is 0 Å². The first-order chi connectivity index (χ1) is 20.0. The Kier molecular flexibility index (Phi) is 13.2. The number of hydrogen-bond donors (Lipinski definition) is 0. The molecule has 2 atom stereocenters. The fourth-order valence-electron chi connectivity index (χ4n) is 4.28. The van der Waals surface area contributed by atoms with E-state index in [1.165, 1.54) is 24.3 Å². The van der Waals surface area contributed by atoms with Gasteiger partial charge in [-0.05, 0) is 35.8 Å². The molecule has 0 fully saturated rings. The van der Waals surface area contributed by atoms with Gasteiger partial charge in [-0.15, -0.1) is 0 Å². The Labute approximate surface area is 247 Å².